The molecule has 1 aromatic carbocycles. The Kier molecular flexibility index (Phi) is 6.72. The zero-order valence-electron chi connectivity index (χ0n) is 15.2. The summed E-state index contributed by atoms with van der Waals surface area (Å²) in [5, 5.41) is 2.82. The lowest BCUT2D eigenvalue weighted by atomic mass is 10.0. The predicted molar refractivity (Wildman–Crippen MR) is 94.5 cm³/mol. The molecule has 0 amide bonds. The molecule has 1 heterocycles. The van der Waals surface area contributed by atoms with E-state index in [4.69, 9.17) is 11.6 Å². The van der Waals surface area contributed by atoms with Gasteiger partial charge >= 0.3 is 12.7 Å². The summed E-state index contributed by atoms with van der Waals surface area (Å²) in [5.41, 5.74) is 0.157. The molecule has 1 N–H and O–H groups in total. The SMILES string of the molecule is CC(C)(C)[S+]([O-])N[C@H](c1ccc(OC(F)(F)F)c(Cl)c1)c1cnn(C(F)(F)F)c1. The number of nitrogens with zero attached hydrogens (tertiary/aromatic N) is 2. The number of hydrogen-bond acceptors (Lipinski definition) is 4. The van der Waals surface area contributed by atoms with Crippen LogP contribution in [0.5, 0.6) is 5.75 Å². The molecule has 0 saturated carbocycles. The third kappa shape index (κ3) is 6.43. The van der Waals surface area contributed by atoms with Gasteiger partial charge in [0.2, 0.25) is 0 Å². The minimum absolute atomic E-state index is 0.0134. The standard InChI is InChI=1S/C16H16ClF6N3O2S/c1-14(2,3)29(27)25-13(10-7-24-26(8-10)15(18,19)20)9-4-5-12(11(17)6-9)28-16(21,22)23/h4-8,13,25H,1-3H3/t13-,29?/m1/s1. The topological polar surface area (TPSA) is 62.1 Å². The van der Waals surface area contributed by atoms with Crippen LogP contribution in [0.1, 0.15) is 37.9 Å². The number of alkyl halides is 6. The van der Waals surface area contributed by atoms with Crippen molar-refractivity contribution >= 4 is 23.0 Å². The summed E-state index contributed by atoms with van der Waals surface area (Å²) in [6, 6.07) is 2.10. The Hall–Kier alpha value is -1.63. The Balaban J connectivity index is 2.45. The summed E-state index contributed by atoms with van der Waals surface area (Å²) in [6.07, 6.45) is -8.14. The van der Waals surface area contributed by atoms with E-state index in [0.29, 0.717) is 6.20 Å². The quantitative estimate of drug-likeness (QED) is 0.498. The van der Waals surface area contributed by atoms with Crippen molar-refractivity contribution < 1.29 is 35.6 Å². The van der Waals surface area contributed by atoms with Crippen LogP contribution in [0.15, 0.2) is 30.6 Å². The number of nitrogens with one attached hydrogen (secondary N) is 1. The van der Waals surface area contributed by atoms with Crippen molar-refractivity contribution in [3.63, 3.8) is 0 Å². The van der Waals surface area contributed by atoms with E-state index in [1.54, 1.807) is 20.8 Å². The van der Waals surface area contributed by atoms with Crippen molar-refractivity contribution in [2.24, 2.45) is 0 Å². The predicted octanol–water partition coefficient (Wildman–Crippen LogP) is 5.05. The second-order valence-corrected chi connectivity index (χ2v) is 9.26. The van der Waals surface area contributed by atoms with E-state index in [2.05, 4.69) is 14.6 Å². The maximum Gasteiger partial charge on any atom is 0.573 e. The molecule has 0 aliphatic carbocycles. The fourth-order valence-electron chi connectivity index (χ4n) is 2.14. The zero-order chi connectivity index (χ0) is 22.2. The third-order valence-corrected chi connectivity index (χ3v) is 5.35. The lowest BCUT2D eigenvalue weighted by molar-refractivity contribution is -0.274. The number of halogens is 7. The molecule has 0 aliphatic rings. The summed E-state index contributed by atoms with van der Waals surface area (Å²) in [4.78, 5) is 0. The van der Waals surface area contributed by atoms with E-state index in [0.717, 1.165) is 18.3 Å². The summed E-state index contributed by atoms with van der Waals surface area (Å²) in [5.74, 6) is -0.676. The van der Waals surface area contributed by atoms with Gasteiger partial charge in [-0.1, -0.05) is 17.7 Å². The molecule has 2 rings (SSSR count). The highest BCUT2D eigenvalue weighted by Crippen LogP contribution is 2.35. The van der Waals surface area contributed by atoms with E-state index >= 15 is 0 Å². The van der Waals surface area contributed by atoms with Crippen molar-refractivity contribution in [3.8, 4) is 5.75 Å². The number of aromatic nitrogens is 2. The number of rotatable bonds is 5. The average Bonchev–Trinajstić information content (AvgIpc) is 3.02. The van der Waals surface area contributed by atoms with Crippen LogP contribution in [0, 0.1) is 0 Å². The van der Waals surface area contributed by atoms with Gasteiger partial charge in [0.1, 0.15) is 16.5 Å². The molecule has 0 spiro atoms. The van der Waals surface area contributed by atoms with Gasteiger partial charge in [-0.15, -0.1) is 31.1 Å². The second-order valence-electron chi connectivity index (χ2n) is 6.86. The van der Waals surface area contributed by atoms with Crippen LogP contribution in [0.25, 0.3) is 0 Å². The molecule has 0 fully saturated rings. The Morgan fingerprint density at radius 2 is 1.76 bits per heavy atom. The molecule has 162 valence electrons. The Morgan fingerprint density at radius 1 is 1.14 bits per heavy atom. The minimum atomic E-state index is -4.97. The lowest BCUT2D eigenvalue weighted by Crippen LogP contribution is -2.41. The smallest absolute Gasteiger partial charge is 0.573 e. The van der Waals surface area contributed by atoms with Gasteiger partial charge < -0.3 is 9.29 Å². The van der Waals surface area contributed by atoms with Crippen molar-refractivity contribution in [1.29, 1.82) is 0 Å². The zero-order valence-corrected chi connectivity index (χ0v) is 16.8. The molecule has 0 bridgehead atoms. The number of ether oxygens (including phenoxy) is 1. The Morgan fingerprint density at radius 3 is 2.21 bits per heavy atom. The van der Waals surface area contributed by atoms with Crippen LogP contribution in [-0.4, -0.2) is 25.4 Å². The largest absolute Gasteiger partial charge is 0.598 e. The summed E-state index contributed by atoms with van der Waals surface area (Å²) in [6.45, 7) is 4.92. The van der Waals surface area contributed by atoms with Gasteiger partial charge in [-0.25, -0.2) is 0 Å². The molecule has 2 atom stereocenters. The van der Waals surface area contributed by atoms with E-state index in [1.807, 2.05) is 0 Å². The van der Waals surface area contributed by atoms with Crippen LogP contribution in [0.4, 0.5) is 26.3 Å². The average molecular weight is 464 g/mol. The maximum atomic E-state index is 12.9. The summed E-state index contributed by atoms with van der Waals surface area (Å²) < 4.78 is 93.8. The lowest BCUT2D eigenvalue weighted by Gasteiger charge is -2.28. The van der Waals surface area contributed by atoms with Crippen molar-refractivity contribution in [3.05, 3.63) is 46.7 Å². The van der Waals surface area contributed by atoms with Crippen molar-refractivity contribution in [2.45, 2.75) is 44.2 Å². The summed E-state index contributed by atoms with van der Waals surface area (Å²) >= 11 is 4.11. The van der Waals surface area contributed by atoms with Crippen molar-refractivity contribution in [2.75, 3.05) is 0 Å². The fourth-order valence-corrected chi connectivity index (χ4v) is 3.21. The molecule has 1 aromatic heterocycles. The molecule has 29 heavy (non-hydrogen) atoms. The van der Waals surface area contributed by atoms with Gasteiger partial charge in [-0.2, -0.15) is 9.78 Å². The van der Waals surface area contributed by atoms with Gasteiger partial charge in [0.15, 0.2) is 0 Å². The highest BCUT2D eigenvalue weighted by molar-refractivity contribution is 7.90. The fraction of sp³-hybridized carbons (Fsp3) is 0.438. The minimum Gasteiger partial charge on any atom is -0.598 e. The van der Waals surface area contributed by atoms with Gasteiger partial charge in [-0.3, -0.25) is 0 Å². The van der Waals surface area contributed by atoms with Crippen LogP contribution in [0.3, 0.4) is 0 Å². The normalized spacial score (nSPS) is 15.3. The van der Waals surface area contributed by atoms with Crippen LogP contribution >= 0.6 is 11.6 Å². The van der Waals surface area contributed by atoms with Crippen LogP contribution in [-0.2, 0) is 17.7 Å². The molecule has 0 aliphatic heterocycles. The second kappa shape index (κ2) is 8.25. The van der Waals surface area contributed by atoms with E-state index in [-0.39, 0.29) is 15.8 Å². The van der Waals surface area contributed by atoms with Gasteiger partial charge in [0.05, 0.1) is 11.2 Å². The molecular formula is C16H16ClF6N3O2S. The third-order valence-electron chi connectivity index (χ3n) is 3.49. The first-order valence-corrected chi connectivity index (χ1v) is 9.46. The molecular weight excluding hydrogens is 448 g/mol. The monoisotopic (exact) mass is 463 g/mol. The first kappa shape index (κ1) is 23.6. The highest BCUT2D eigenvalue weighted by Gasteiger charge is 2.36. The van der Waals surface area contributed by atoms with Crippen molar-refractivity contribution in [1.82, 2.24) is 14.5 Å². The molecule has 5 nitrogen and oxygen atoms in total. The van der Waals surface area contributed by atoms with Gasteiger partial charge in [0.25, 0.3) is 0 Å². The molecule has 2 aromatic rings. The Labute approximate surface area is 170 Å². The van der Waals surface area contributed by atoms with Gasteiger partial charge in [-0.05, 0) is 38.5 Å². The molecule has 0 saturated heterocycles. The summed E-state index contributed by atoms with van der Waals surface area (Å²) in [7, 11) is 0. The van der Waals surface area contributed by atoms with E-state index < -0.39 is 45.6 Å². The van der Waals surface area contributed by atoms with E-state index in [9.17, 15) is 30.9 Å². The maximum absolute atomic E-state index is 12.9. The van der Waals surface area contributed by atoms with E-state index in [1.165, 1.54) is 6.07 Å². The number of benzene rings is 1. The molecule has 13 heteroatoms. The first-order valence-electron chi connectivity index (χ1n) is 7.93. The molecule has 0 radical (unpaired) electrons. The number of hydrogen-bond donors (Lipinski definition) is 1. The molecule has 1 unspecified atom stereocenters. The Bertz CT molecular complexity index is 850. The highest BCUT2D eigenvalue weighted by atomic mass is 35.5. The van der Waals surface area contributed by atoms with Crippen LogP contribution in [0.2, 0.25) is 5.02 Å². The van der Waals surface area contributed by atoms with Crippen LogP contribution < -0.4 is 9.46 Å². The first-order chi connectivity index (χ1) is 13.1. The van der Waals surface area contributed by atoms with Gasteiger partial charge in [0, 0.05) is 23.1 Å².